The van der Waals surface area contributed by atoms with Crippen LogP contribution in [0.1, 0.15) is 0 Å². The van der Waals surface area contributed by atoms with Crippen molar-refractivity contribution in [2.45, 2.75) is 0 Å². The highest BCUT2D eigenvalue weighted by Crippen LogP contribution is 2.46. The number of furan rings is 1. The Kier molecular flexibility index (Phi) is 7.24. The Morgan fingerprint density at radius 3 is 1.35 bits per heavy atom. The van der Waals surface area contributed by atoms with Gasteiger partial charge in [0.05, 0.1) is 0 Å². The first-order chi connectivity index (χ1) is 28.2. The minimum Gasteiger partial charge on any atom is -0.456 e. The smallest absolute Gasteiger partial charge is 0.164 e. The summed E-state index contributed by atoms with van der Waals surface area (Å²) in [6, 6.07) is 61.9. The van der Waals surface area contributed by atoms with Gasteiger partial charge in [-0.1, -0.05) is 140 Å². The van der Waals surface area contributed by atoms with Gasteiger partial charge in [-0.3, -0.25) is 0 Å². The molecule has 0 aliphatic heterocycles. The van der Waals surface area contributed by atoms with Gasteiger partial charge in [0.25, 0.3) is 0 Å². The van der Waals surface area contributed by atoms with Crippen molar-refractivity contribution in [3.05, 3.63) is 176 Å². The average Bonchev–Trinajstić information content (AvgIpc) is 3.98. The fourth-order valence-electron chi connectivity index (χ4n) is 8.43. The standard InChI is InChI=1S/C51H29N3OS2/c1-2-12-30(13-3-1)31-26-28-32(29-27-31)49-52-50(37-19-11-25-44-46(37)36-15-5-7-23-42(36)57-44)54-51(53-49)38-18-9-21-40-48(38)47-34(16-8-20-39(47)55-40)33-17-10-24-43-45(33)35-14-4-6-22-41(35)56-43/h1-29H. The average molecular weight is 764 g/mol. The minimum absolute atomic E-state index is 0.598. The molecule has 0 atom stereocenters. The Balaban J connectivity index is 1.13. The molecule has 0 spiro atoms. The van der Waals surface area contributed by atoms with Crippen LogP contribution < -0.4 is 0 Å². The first-order valence-corrected chi connectivity index (χ1v) is 20.6. The first-order valence-electron chi connectivity index (χ1n) is 18.9. The molecule has 0 bridgehead atoms. The van der Waals surface area contributed by atoms with Gasteiger partial charge in [-0.15, -0.1) is 22.7 Å². The van der Waals surface area contributed by atoms with E-state index in [0.717, 1.165) is 60.7 Å². The highest BCUT2D eigenvalue weighted by molar-refractivity contribution is 7.26. The summed E-state index contributed by atoms with van der Waals surface area (Å²) in [4.78, 5) is 15.9. The molecule has 0 fully saturated rings. The minimum atomic E-state index is 0.598. The second kappa shape index (κ2) is 12.8. The van der Waals surface area contributed by atoms with Gasteiger partial charge in [0, 0.05) is 67.8 Å². The van der Waals surface area contributed by atoms with Crippen molar-refractivity contribution < 1.29 is 4.42 Å². The van der Waals surface area contributed by atoms with Crippen LogP contribution in [0, 0.1) is 0 Å². The summed E-state index contributed by atoms with van der Waals surface area (Å²) in [5, 5.41) is 6.92. The molecule has 4 heterocycles. The van der Waals surface area contributed by atoms with Gasteiger partial charge >= 0.3 is 0 Å². The predicted molar refractivity (Wildman–Crippen MR) is 240 cm³/mol. The molecule has 0 aliphatic rings. The van der Waals surface area contributed by atoms with Gasteiger partial charge < -0.3 is 4.42 Å². The van der Waals surface area contributed by atoms with Gasteiger partial charge in [0.15, 0.2) is 17.5 Å². The fourth-order valence-corrected chi connectivity index (χ4v) is 10.7. The maximum Gasteiger partial charge on any atom is 0.164 e. The Morgan fingerprint density at radius 2 is 0.719 bits per heavy atom. The molecule has 4 nitrogen and oxygen atoms in total. The lowest BCUT2D eigenvalue weighted by Gasteiger charge is -2.11. The molecule has 266 valence electrons. The summed E-state index contributed by atoms with van der Waals surface area (Å²) < 4.78 is 11.7. The number of benzene rings is 8. The van der Waals surface area contributed by atoms with E-state index < -0.39 is 0 Å². The molecule has 6 heteroatoms. The maximum atomic E-state index is 6.67. The van der Waals surface area contributed by atoms with E-state index in [4.69, 9.17) is 19.4 Å². The summed E-state index contributed by atoms with van der Waals surface area (Å²) in [7, 11) is 0. The second-order valence-corrected chi connectivity index (χ2v) is 16.4. The topological polar surface area (TPSA) is 51.8 Å². The summed E-state index contributed by atoms with van der Waals surface area (Å²) in [6.07, 6.45) is 0. The van der Waals surface area contributed by atoms with Crippen LogP contribution in [-0.2, 0) is 0 Å². The highest BCUT2D eigenvalue weighted by Gasteiger charge is 2.22. The number of hydrogen-bond donors (Lipinski definition) is 0. The maximum absolute atomic E-state index is 6.67. The van der Waals surface area contributed by atoms with Crippen molar-refractivity contribution >= 4 is 85.0 Å². The summed E-state index contributed by atoms with van der Waals surface area (Å²) in [5.74, 6) is 1.85. The van der Waals surface area contributed by atoms with Crippen LogP contribution in [-0.4, -0.2) is 15.0 Å². The molecule has 0 saturated heterocycles. The van der Waals surface area contributed by atoms with Gasteiger partial charge in [-0.05, 0) is 58.7 Å². The quantitative estimate of drug-likeness (QED) is 0.175. The first kappa shape index (κ1) is 32.3. The molecular formula is C51H29N3OS2. The fraction of sp³-hybridized carbons (Fsp3) is 0. The zero-order chi connectivity index (χ0) is 37.5. The second-order valence-electron chi connectivity index (χ2n) is 14.3. The van der Waals surface area contributed by atoms with Crippen LogP contribution in [0.2, 0.25) is 0 Å². The number of nitrogens with zero attached hydrogens (tertiary/aromatic N) is 3. The number of thiophene rings is 2. The number of fused-ring (bicyclic) bond motifs is 9. The van der Waals surface area contributed by atoms with E-state index >= 15 is 0 Å². The van der Waals surface area contributed by atoms with E-state index in [1.165, 1.54) is 40.5 Å². The Bertz CT molecular complexity index is 3530. The molecule has 0 amide bonds. The van der Waals surface area contributed by atoms with Gasteiger partial charge in [-0.25, -0.2) is 15.0 Å². The molecule has 0 saturated carbocycles. The third-order valence-electron chi connectivity index (χ3n) is 11.0. The van der Waals surface area contributed by atoms with E-state index in [1.807, 2.05) is 29.5 Å². The molecule has 0 radical (unpaired) electrons. The van der Waals surface area contributed by atoms with Crippen LogP contribution in [0.25, 0.3) is 119 Å². The Morgan fingerprint density at radius 1 is 0.298 bits per heavy atom. The van der Waals surface area contributed by atoms with E-state index in [9.17, 15) is 0 Å². The van der Waals surface area contributed by atoms with Crippen molar-refractivity contribution in [1.29, 1.82) is 0 Å². The molecule has 12 rings (SSSR count). The lowest BCUT2D eigenvalue weighted by molar-refractivity contribution is 0.669. The molecule has 0 N–H and O–H groups in total. The van der Waals surface area contributed by atoms with Crippen molar-refractivity contribution in [3.8, 4) is 56.4 Å². The zero-order valence-corrected chi connectivity index (χ0v) is 31.9. The van der Waals surface area contributed by atoms with Crippen LogP contribution in [0.5, 0.6) is 0 Å². The number of aromatic nitrogens is 3. The Labute approximate surface area is 335 Å². The molecule has 0 unspecified atom stereocenters. The van der Waals surface area contributed by atoms with Crippen molar-refractivity contribution in [1.82, 2.24) is 15.0 Å². The summed E-state index contributed by atoms with van der Waals surface area (Å²) in [6.45, 7) is 0. The Hall–Kier alpha value is -6.99. The zero-order valence-electron chi connectivity index (χ0n) is 30.3. The molecular weight excluding hydrogens is 735 g/mol. The third-order valence-corrected chi connectivity index (χ3v) is 13.3. The summed E-state index contributed by atoms with van der Waals surface area (Å²) >= 11 is 3.63. The molecule has 57 heavy (non-hydrogen) atoms. The van der Waals surface area contributed by atoms with Gasteiger partial charge in [0.2, 0.25) is 0 Å². The van der Waals surface area contributed by atoms with Crippen LogP contribution in [0.15, 0.2) is 180 Å². The third kappa shape index (κ3) is 5.15. The molecule has 0 aliphatic carbocycles. The van der Waals surface area contributed by atoms with E-state index in [1.54, 1.807) is 11.3 Å². The van der Waals surface area contributed by atoms with Gasteiger partial charge in [-0.2, -0.15) is 0 Å². The predicted octanol–water partition coefficient (Wildman–Crippen LogP) is 14.8. The van der Waals surface area contributed by atoms with Crippen molar-refractivity contribution in [2.75, 3.05) is 0 Å². The number of hydrogen-bond acceptors (Lipinski definition) is 6. The van der Waals surface area contributed by atoms with E-state index in [-0.39, 0.29) is 0 Å². The lowest BCUT2D eigenvalue weighted by atomic mass is 9.94. The normalized spacial score (nSPS) is 11.9. The molecule has 12 aromatic rings. The van der Waals surface area contributed by atoms with E-state index in [2.05, 4.69) is 158 Å². The largest absolute Gasteiger partial charge is 0.456 e. The molecule has 8 aromatic carbocycles. The lowest BCUT2D eigenvalue weighted by Crippen LogP contribution is -2.01. The summed E-state index contributed by atoms with van der Waals surface area (Å²) in [5.41, 5.74) is 9.02. The number of rotatable bonds is 5. The van der Waals surface area contributed by atoms with Crippen molar-refractivity contribution in [2.24, 2.45) is 0 Å². The molecule has 4 aromatic heterocycles. The van der Waals surface area contributed by atoms with Crippen molar-refractivity contribution in [3.63, 3.8) is 0 Å². The highest BCUT2D eigenvalue weighted by atomic mass is 32.1. The van der Waals surface area contributed by atoms with Gasteiger partial charge in [0.1, 0.15) is 11.2 Å². The van der Waals surface area contributed by atoms with E-state index in [0.29, 0.717) is 17.5 Å². The monoisotopic (exact) mass is 763 g/mol. The van der Waals surface area contributed by atoms with Crippen LogP contribution >= 0.6 is 22.7 Å². The van der Waals surface area contributed by atoms with Crippen LogP contribution in [0.3, 0.4) is 0 Å². The SMILES string of the molecule is c1ccc(-c2ccc(-c3nc(-c4cccc5sc6ccccc6c45)nc(-c4cccc5oc6cccc(-c7cccc8sc9ccccc9c78)c6c45)n3)cc2)cc1. The van der Waals surface area contributed by atoms with Crippen LogP contribution in [0.4, 0.5) is 0 Å².